The number of nitrogens with zero attached hydrogens (tertiary/aromatic N) is 4. The second-order valence-corrected chi connectivity index (χ2v) is 9.32. The van der Waals surface area contributed by atoms with Gasteiger partial charge in [0, 0.05) is 37.9 Å². The van der Waals surface area contributed by atoms with Crippen LogP contribution < -0.4 is 5.32 Å². The summed E-state index contributed by atoms with van der Waals surface area (Å²) in [7, 11) is 0. The maximum Gasteiger partial charge on any atom is 0.254 e. The van der Waals surface area contributed by atoms with Crippen molar-refractivity contribution in [1.82, 2.24) is 19.6 Å². The number of carbonyl (C=O) groups excluding carboxylic acids is 2. The number of rotatable bonds is 5. The van der Waals surface area contributed by atoms with Crippen LogP contribution in [0.5, 0.6) is 0 Å². The molecule has 0 saturated carbocycles. The molecule has 2 unspecified atom stereocenters. The lowest BCUT2D eigenvalue weighted by Gasteiger charge is -2.37. The number of fused-ring (bicyclic) bond motifs is 1. The Balaban J connectivity index is 1.67. The average Bonchev–Trinajstić information content (AvgIpc) is 3.28. The maximum absolute atomic E-state index is 13.9. The Morgan fingerprint density at radius 3 is 2.64 bits per heavy atom. The van der Waals surface area contributed by atoms with Crippen LogP contribution in [0.25, 0.3) is 0 Å². The molecule has 1 fully saturated rings. The number of benzene rings is 1. The van der Waals surface area contributed by atoms with Crippen LogP contribution in [-0.4, -0.2) is 57.6 Å². The first-order valence-electron chi connectivity index (χ1n) is 11.4. The van der Waals surface area contributed by atoms with Crippen LogP contribution >= 0.6 is 23.2 Å². The quantitative estimate of drug-likeness (QED) is 0.666. The van der Waals surface area contributed by atoms with Gasteiger partial charge in [-0.25, -0.2) is 4.68 Å². The van der Waals surface area contributed by atoms with Crippen molar-refractivity contribution >= 4 is 40.8 Å². The lowest BCUT2D eigenvalue weighted by molar-refractivity contribution is -0.139. The largest absolute Gasteiger partial charge is 0.344 e. The smallest absolute Gasteiger partial charge is 0.254 e. The average molecular weight is 490 g/mol. The Hall–Kier alpha value is -2.51. The van der Waals surface area contributed by atoms with Crippen LogP contribution in [0.15, 0.2) is 41.7 Å². The van der Waals surface area contributed by atoms with E-state index >= 15 is 0 Å². The molecule has 33 heavy (non-hydrogen) atoms. The molecule has 2 atom stereocenters. The normalized spacial score (nSPS) is 20.3. The Morgan fingerprint density at radius 2 is 1.94 bits per heavy atom. The highest BCUT2D eigenvalue weighted by molar-refractivity contribution is 6.42. The summed E-state index contributed by atoms with van der Waals surface area (Å²) in [5, 5.41) is 8.66. The molecule has 2 amide bonds. The highest BCUT2D eigenvalue weighted by atomic mass is 35.5. The van der Waals surface area contributed by atoms with Crippen LogP contribution in [0.3, 0.4) is 0 Å². The zero-order valence-electron chi connectivity index (χ0n) is 19.1. The van der Waals surface area contributed by atoms with E-state index in [2.05, 4.69) is 10.4 Å². The van der Waals surface area contributed by atoms with E-state index < -0.39 is 6.04 Å². The summed E-state index contributed by atoms with van der Waals surface area (Å²) in [6, 6.07) is 6.82. The number of amides is 2. The van der Waals surface area contributed by atoms with Crippen molar-refractivity contribution < 1.29 is 9.59 Å². The van der Waals surface area contributed by atoms with E-state index in [1.54, 1.807) is 23.0 Å². The summed E-state index contributed by atoms with van der Waals surface area (Å²) in [5.41, 5.74) is 2.19. The summed E-state index contributed by atoms with van der Waals surface area (Å²) in [6.07, 6.45) is 3.30. The summed E-state index contributed by atoms with van der Waals surface area (Å²) < 4.78 is 1.79. The van der Waals surface area contributed by atoms with Gasteiger partial charge in [-0.3, -0.25) is 9.59 Å². The van der Waals surface area contributed by atoms with Crippen molar-refractivity contribution in [2.45, 2.75) is 39.7 Å². The molecule has 4 rings (SSSR count). The van der Waals surface area contributed by atoms with Gasteiger partial charge in [0.1, 0.15) is 11.9 Å². The molecule has 1 aromatic carbocycles. The lowest BCUT2D eigenvalue weighted by Crippen LogP contribution is -2.48. The molecule has 7 nitrogen and oxygen atoms in total. The van der Waals surface area contributed by atoms with E-state index in [1.165, 1.54) is 0 Å². The second kappa shape index (κ2) is 9.77. The Bertz CT molecular complexity index is 1090. The zero-order valence-corrected chi connectivity index (χ0v) is 20.7. The number of anilines is 1. The van der Waals surface area contributed by atoms with E-state index in [0.29, 0.717) is 41.8 Å². The van der Waals surface area contributed by atoms with Crippen molar-refractivity contribution in [1.29, 1.82) is 0 Å². The number of piperidine rings is 1. The van der Waals surface area contributed by atoms with Gasteiger partial charge < -0.3 is 15.1 Å². The molecule has 2 aromatic rings. The van der Waals surface area contributed by atoms with Crippen LogP contribution in [-0.2, 0) is 9.59 Å². The SMILES string of the molecule is CCN(CC)C(=O)C1CCCN(C(=O)C2=C(C)Nc3ccnn3C2c2ccc(Cl)c(Cl)c2)C1. The molecular weight excluding hydrogens is 461 g/mol. The molecule has 0 bridgehead atoms. The van der Waals surface area contributed by atoms with Crippen LogP contribution in [0.1, 0.15) is 45.2 Å². The molecular formula is C24H29Cl2N5O2. The summed E-state index contributed by atoms with van der Waals surface area (Å²) >= 11 is 12.5. The number of allylic oxidation sites excluding steroid dienone is 1. The molecule has 1 saturated heterocycles. The maximum atomic E-state index is 13.9. The first-order chi connectivity index (χ1) is 15.8. The van der Waals surface area contributed by atoms with Crippen molar-refractivity contribution in [3.05, 3.63) is 57.3 Å². The predicted octanol–water partition coefficient (Wildman–Crippen LogP) is 4.59. The number of carbonyl (C=O) groups is 2. The monoisotopic (exact) mass is 489 g/mol. The van der Waals surface area contributed by atoms with E-state index in [9.17, 15) is 9.59 Å². The topological polar surface area (TPSA) is 70.5 Å². The molecule has 2 aliphatic rings. The van der Waals surface area contributed by atoms with Crippen LogP contribution in [0.2, 0.25) is 10.0 Å². The summed E-state index contributed by atoms with van der Waals surface area (Å²) in [6.45, 7) is 8.27. The van der Waals surface area contributed by atoms with Gasteiger partial charge in [0.2, 0.25) is 5.91 Å². The predicted molar refractivity (Wildman–Crippen MR) is 130 cm³/mol. The Kier molecular flexibility index (Phi) is 7.00. The van der Waals surface area contributed by atoms with E-state index in [4.69, 9.17) is 23.2 Å². The van der Waals surface area contributed by atoms with E-state index in [1.807, 2.05) is 42.7 Å². The first kappa shape index (κ1) is 23.6. The fraction of sp³-hybridized carbons (Fsp3) is 0.458. The molecule has 0 aliphatic carbocycles. The van der Waals surface area contributed by atoms with Gasteiger partial charge in [0.05, 0.1) is 27.7 Å². The van der Waals surface area contributed by atoms with E-state index in [-0.39, 0.29) is 17.7 Å². The molecule has 1 N–H and O–H groups in total. The van der Waals surface area contributed by atoms with Crippen molar-refractivity contribution in [2.75, 3.05) is 31.5 Å². The third-order valence-corrected chi connectivity index (χ3v) is 7.27. The van der Waals surface area contributed by atoms with Crippen LogP contribution in [0, 0.1) is 5.92 Å². The second-order valence-electron chi connectivity index (χ2n) is 8.50. The fourth-order valence-electron chi connectivity index (χ4n) is 4.80. The minimum atomic E-state index is -0.447. The van der Waals surface area contributed by atoms with Gasteiger partial charge in [-0.2, -0.15) is 5.10 Å². The number of halogens is 2. The van der Waals surface area contributed by atoms with Gasteiger partial charge in [0.15, 0.2) is 0 Å². The minimum absolute atomic E-state index is 0.0886. The number of aromatic nitrogens is 2. The Labute approximate surface area is 204 Å². The summed E-state index contributed by atoms with van der Waals surface area (Å²) in [5.74, 6) is 0.659. The van der Waals surface area contributed by atoms with Crippen molar-refractivity contribution in [2.24, 2.45) is 5.92 Å². The highest BCUT2D eigenvalue weighted by Crippen LogP contribution is 2.38. The Morgan fingerprint density at radius 1 is 1.18 bits per heavy atom. The van der Waals surface area contributed by atoms with Crippen LogP contribution in [0.4, 0.5) is 5.82 Å². The standard InChI is InChI=1S/C24H29Cl2N5O2/c1-4-29(5-2)23(32)17-7-6-12-30(14-17)24(33)21-15(3)28-20-10-11-27-31(20)22(21)16-8-9-18(25)19(26)13-16/h8-11,13,17,22,28H,4-7,12,14H2,1-3H3. The number of hydrogen-bond donors (Lipinski definition) is 1. The first-order valence-corrected chi connectivity index (χ1v) is 12.2. The molecule has 2 aliphatic heterocycles. The number of nitrogens with one attached hydrogen (secondary N) is 1. The van der Waals surface area contributed by atoms with E-state index in [0.717, 1.165) is 29.9 Å². The number of likely N-dealkylation sites (tertiary alicyclic amines) is 1. The zero-order chi connectivity index (χ0) is 23.7. The minimum Gasteiger partial charge on any atom is -0.344 e. The number of hydrogen-bond acceptors (Lipinski definition) is 4. The molecule has 0 spiro atoms. The highest BCUT2D eigenvalue weighted by Gasteiger charge is 2.38. The van der Waals surface area contributed by atoms with Gasteiger partial charge in [-0.1, -0.05) is 29.3 Å². The van der Waals surface area contributed by atoms with Gasteiger partial charge in [-0.15, -0.1) is 0 Å². The molecule has 3 heterocycles. The molecule has 176 valence electrons. The fourth-order valence-corrected chi connectivity index (χ4v) is 5.11. The molecule has 0 radical (unpaired) electrons. The van der Waals surface area contributed by atoms with Gasteiger partial charge in [0.25, 0.3) is 5.91 Å². The summed E-state index contributed by atoms with van der Waals surface area (Å²) in [4.78, 5) is 30.5. The van der Waals surface area contributed by atoms with Gasteiger partial charge >= 0.3 is 0 Å². The molecule has 9 heteroatoms. The lowest BCUT2D eigenvalue weighted by atomic mass is 9.91. The third kappa shape index (κ3) is 4.49. The van der Waals surface area contributed by atoms with Crippen molar-refractivity contribution in [3.63, 3.8) is 0 Å². The van der Waals surface area contributed by atoms with Gasteiger partial charge in [-0.05, 0) is 51.3 Å². The third-order valence-electron chi connectivity index (χ3n) is 6.53. The molecule has 1 aromatic heterocycles. The van der Waals surface area contributed by atoms with Crippen molar-refractivity contribution in [3.8, 4) is 0 Å².